The Morgan fingerprint density at radius 1 is 1.26 bits per heavy atom. The van der Waals surface area contributed by atoms with Gasteiger partial charge in [0, 0.05) is 23.7 Å². The standard InChI is InChI=1S/C21H25Cl2N3O/c1-4-9-25(11-15-5-6-15)12-18-13(2)24-26-20(14(3)27-21(18)26)17-8-7-16(22)10-19(17)23/h7-8,10,15H,4-6,9,11-12H2,1-3H3. The Morgan fingerprint density at radius 3 is 2.70 bits per heavy atom. The highest BCUT2D eigenvalue weighted by atomic mass is 35.5. The lowest BCUT2D eigenvalue weighted by Crippen LogP contribution is -2.26. The van der Waals surface area contributed by atoms with Crippen LogP contribution in [0.4, 0.5) is 0 Å². The normalized spacial score (nSPS) is 14.6. The number of hydrogen-bond donors (Lipinski definition) is 0. The van der Waals surface area contributed by atoms with Gasteiger partial charge < -0.3 is 4.42 Å². The van der Waals surface area contributed by atoms with E-state index < -0.39 is 0 Å². The summed E-state index contributed by atoms with van der Waals surface area (Å²) < 4.78 is 8.07. The van der Waals surface area contributed by atoms with E-state index in [4.69, 9.17) is 32.7 Å². The smallest absolute Gasteiger partial charge is 0.227 e. The molecule has 144 valence electrons. The van der Waals surface area contributed by atoms with E-state index in [0.717, 1.165) is 53.9 Å². The summed E-state index contributed by atoms with van der Waals surface area (Å²) in [4.78, 5) is 2.54. The second-order valence-electron chi connectivity index (χ2n) is 7.59. The molecule has 27 heavy (non-hydrogen) atoms. The highest BCUT2D eigenvalue weighted by Crippen LogP contribution is 2.36. The average molecular weight is 406 g/mol. The fraction of sp³-hybridized carbons (Fsp3) is 0.476. The molecule has 1 saturated carbocycles. The molecule has 0 bridgehead atoms. The van der Waals surface area contributed by atoms with E-state index >= 15 is 0 Å². The monoisotopic (exact) mass is 405 g/mol. The van der Waals surface area contributed by atoms with Crippen molar-refractivity contribution in [1.82, 2.24) is 14.5 Å². The SMILES string of the molecule is CCCN(Cc1c(C)nn2c(-c3ccc(Cl)cc3Cl)c(C)oc12)CC1CC1. The second-order valence-corrected chi connectivity index (χ2v) is 8.43. The van der Waals surface area contributed by atoms with Gasteiger partial charge in [-0.1, -0.05) is 30.1 Å². The highest BCUT2D eigenvalue weighted by molar-refractivity contribution is 6.36. The number of fused-ring (bicyclic) bond motifs is 1. The van der Waals surface area contributed by atoms with Gasteiger partial charge in [-0.25, -0.2) is 0 Å². The summed E-state index contributed by atoms with van der Waals surface area (Å²) in [7, 11) is 0. The molecule has 0 saturated heterocycles. The Bertz CT molecular complexity index is 972. The van der Waals surface area contributed by atoms with Gasteiger partial charge in [-0.15, -0.1) is 0 Å². The van der Waals surface area contributed by atoms with Crippen LogP contribution in [-0.2, 0) is 6.54 Å². The van der Waals surface area contributed by atoms with Crippen molar-refractivity contribution in [3.8, 4) is 11.3 Å². The topological polar surface area (TPSA) is 33.7 Å². The van der Waals surface area contributed by atoms with Crippen molar-refractivity contribution in [2.24, 2.45) is 5.92 Å². The molecule has 0 radical (unpaired) electrons. The van der Waals surface area contributed by atoms with Gasteiger partial charge in [0.1, 0.15) is 11.5 Å². The average Bonchev–Trinajstić information content (AvgIpc) is 3.30. The minimum absolute atomic E-state index is 0.601. The van der Waals surface area contributed by atoms with Crippen LogP contribution in [0.2, 0.25) is 10.0 Å². The van der Waals surface area contributed by atoms with E-state index in [1.165, 1.54) is 24.9 Å². The molecule has 1 aliphatic carbocycles. The molecule has 1 fully saturated rings. The number of nitrogens with zero attached hydrogens (tertiary/aromatic N) is 3. The van der Waals surface area contributed by atoms with Crippen molar-refractivity contribution in [1.29, 1.82) is 0 Å². The molecule has 2 aromatic heterocycles. The van der Waals surface area contributed by atoms with E-state index in [9.17, 15) is 0 Å². The predicted octanol–water partition coefficient (Wildman–Crippen LogP) is 6.14. The molecule has 2 heterocycles. The number of oxazole rings is 1. The van der Waals surface area contributed by atoms with Crippen LogP contribution in [0, 0.1) is 19.8 Å². The van der Waals surface area contributed by atoms with E-state index in [-0.39, 0.29) is 0 Å². The Balaban J connectivity index is 1.74. The number of halogens is 2. The Labute approximate surface area is 170 Å². The first kappa shape index (κ1) is 18.9. The van der Waals surface area contributed by atoms with Crippen molar-refractivity contribution in [3.63, 3.8) is 0 Å². The lowest BCUT2D eigenvalue weighted by atomic mass is 10.1. The molecule has 0 aliphatic heterocycles. The number of hydrogen-bond acceptors (Lipinski definition) is 3. The first-order chi connectivity index (χ1) is 13.0. The van der Waals surface area contributed by atoms with Gasteiger partial charge in [-0.2, -0.15) is 9.61 Å². The maximum Gasteiger partial charge on any atom is 0.227 e. The summed E-state index contributed by atoms with van der Waals surface area (Å²) in [6.45, 7) is 9.39. The lowest BCUT2D eigenvalue weighted by Gasteiger charge is -2.20. The molecule has 3 aromatic rings. The minimum Gasteiger partial charge on any atom is -0.441 e. The molecule has 4 nitrogen and oxygen atoms in total. The van der Waals surface area contributed by atoms with Gasteiger partial charge in [-0.05, 0) is 63.8 Å². The van der Waals surface area contributed by atoms with Crippen LogP contribution in [-0.4, -0.2) is 27.6 Å². The summed E-state index contributed by atoms with van der Waals surface area (Å²) in [6.07, 6.45) is 3.88. The molecular formula is C21H25Cl2N3O. The number of aryl methyl sites for hydroxylation is 2. The molecule has 0 amide bonds. The zero-order valence-electron chi connectivity index (χ0n) is 16.1. The van der Waals surface area contributed by atoms with Crippen LogP contribution in [0.5, 0.6) is 0 Å². The van der Waals surface area contributed by atoms with Crippen LogP contribution in [0.25, 0.3) is 17.0 Å². The van der Waals surface area contributed by atoms with Crippen molar-refractivity contribution < 1.29 is 4.42 Å². The van der Waals surface area contributed by atoms with Gasteiger partial charge >= 0.3 is 0 Å². The quantitative estimate of drug-likeness (QED) is 0.473. The van der Waals surface area contributed by atoms with Crippen molar-refractivity contribution in [2.45, 2.75) is 46.6 Å². The zero-order chi connectivity index (χ0) is 19.1. The summed E-state index contributed by atoms with van der Waals surface area (Å²) in [6, 6.07) is 5.53. The third-order valence-corrected chi connectivity index (χ3v) is 5.80. The van der Waals surface area contributed by atoms with Crippen LogP contribution in [0.15, 0.2) is 22.6 Å². The first-order valence-electron chi connectivity index (χ1n) is 9.63. The Morgan fingerprint density at radius 2 is 2.04 bits per heavy atom. The maximum absolute atomic E-state index is 6.45. The minimum atomic E-state index is 0.601. The summed E-state index contributed by atoms with van der Waals surface area (Å²) in [5, 5.41) is 6.01. The highest BCUT2D eigenvalue weighted by Gasteiger charge is 2.27. The van der Waals surface area contributed by atoms with Crippen LogP contribution >= 0.6 is 23.2 Å². The van der Waals surface area contributed by atoms with Crippen molar-refractivity contribution in [3.05, 3.63) is 45.3 Å². The van der Waals surface area contributed by atoms with E-state index in [1.807, 2.05) is 23.6 Å². The van der Waals surface area contributed by atoms with Gasteiger partial charge in [0.2, 0.25) is 5.71 Å². The first-order valence-corrected chi connectivity index (χ1v) is 10.4. The summed E-state index contributed by atoms with van der Waals surface area (Å²) >= 11 is 12.5. The molecular weight excluding hydrogens is 381 g/mol. The Hall–Kier alpha value is -1.49. The van der Waals surface area contributed by atoms with Gasteiger partial charge in [0.25, 0.3) is 0 Å². The van der Waals surface area contributed by atoms with E-state index in [2.05, 4.69) is 18.7 Å². The van der Waals surface area contributed by atoms with E-state index in [1.54, 1.807) is 6.07 Å². The number of rotatable bonds is 7. The molecule has 0 unspecified atom stereocenters. The van der Waals surface area contributed by atoms with Crippen LogP contribution in [0.3, 0.4) is 0 Å². The maximum atomic E-state index is 6.45. The second kappa shape index (κ2) is 7.50. The molecule has 6 heteroatoms. The van der Waals surface area contributed by atoms with Crippen LogP contribution < -0.4 is 0 Å². The van der Waals surface area contributed by atoms with E-state index in [0.29, 0.717) is 10.0 Å². The Kier molecular flexibility index (Phi) is 5.23. The molecule has 0 atom stereocenters. The van der Waals surface area contributed by atoms with Crippen molar-refractivity contribution in [2.75, 3.05) is 13.1 Å². The molecule has 1 aromatic carbocycles. The molecule has 1 aliphatic rings. The third-order valence-electron chi connectivity index (χ3n) is 5.25. The fourth-order valence-electron chi connectivity index (χ4n) is 3.74. The molecule has 0 spiro atoms. The lowest BCUT2D eigenvalue weighted by molar-refractivity contribution is 0.254. The van der Waals surface area contributed by atoms with Gasteiger partial charge in [0.05, 0.1) is 16.3 Å². The van der Waals surface area contributed by atoms with Gasteiger partial charge in [-0.3, -0.25) is 4.90 Å². The van der Waals surface area contributed by atoms with Gasteiger partial charge in [0.15, 0.2) is 0 Å². The summed E-state index contributed by atoms with van der Waals surface area (Å²) in [5.41, 5.74) is 4.78. The zero-order valence-corrected chi connectivity index (χ0v) is 17.6. The van der Waals surface area contributed by atoms with Crippen molar-refractivity contribution >= 4 is 28.9 Å². The third kappa shape index (κ3) is 3.75. The predicted molar refractivity (Wildman–Crippen MR) is 111 cm³/mol. The molecule has 0 N–H and O–H groups in total. The number of aromatic nitrogens is 2. The largest absolute Gasteiger partial charge is 0.441 e. The molecule has 4 rings (SSSR count). The van der Waals surface area contributed by atoms with Crippen LogP contribution in [0.1, 0.15) is 43.2 Å². The summed E-state index contributed by atoms with van der Waals surface area (Å²) in [5.74, 6) is 1.68. The number of benzene rings is 1. The fourth-order valence-corrected chi connectivity index (χ4v) is 4.24.